The summed E-state index contributed by atoms with van der Waals surface area (Å²) < 4.78 is 18.8. The lowest BCUT2D eigenvalue weighted by atomic mass is 10.2. The van der Waals surface area contributed by atoms with E-state index in [9.17, 15) is 4.39 Å². The van der Waals surface area contributed by atoms with Crippen LogP contribution in [0.15, 0.2) is 24.4 Å². The zero-order valence-corrected chi connectivity index (χ0v) is 11.2. The molecule has 0 radical (unpaired) electrons. The Labute approximate surface area is 110 Å². The van der Waals surface area contributed by atoms with E-state index in [1.54, 1.807) is 18.3 Å². The molecule has 3 nitrogen and oxygen atoms in total. The van der Waals surface area contributed by atoms with E-state index < -0.39 is 0 Å². The number of hydrogen-bond donors (Lipinski definition) is 1. The van der Waals surface area contributed by atoms with Gasteiger partial charge in [-0.25, -0.2) is 9.37 Å². The summed E-state index contributed by atoms with van der Waals surface area (Å²) in [7, 11) is 1.52. The van der Waals surface area contributed by atoms with Crippen LogP contribution in [0.3, 0.4) is 0 Å². The molecule has 0 aliphatic rings. The molecule has 0 amide bonds. The molecule has 0 bridgehead atoms. The standard InChI is InChI=1S/C13H15FN2OS/c1-3-15-7-10-8-16-13(18-10)11-5-4-9(17-2)6-12(11)14/h4-6,8,15H,3,7H2,1-2H3. The summed E-state index contributed by atoms with van der Waals surface area (Å²) in [6, 6.07) is 4.81. The van der Waals surface area contributed by atoms with E-state index >= 15 is 0 Å². The van der Waals surface area contributed by atoms with Crippen molar-refractivity contribution in [3.8, 4) is 16.3 Å². The lowest BCUT2D eigenvalue weighted by Gasteiger charge is -2.02. The van der Waals surface area contributed by atoms with Crippen molar-refractivity contribution in [2.24, 2.45) is 0 Å². The van der Waals surface area contributed by atoms with Crippen LogP contribution in [-0.4, -0.2) is 18.6 Å². The summed E-state index contributed by atoms with van der Waals surface area (Å²) in [5, 5.41) is 3.92. The number of hydrogen-bond acceptors (Lipinski definition) is 4. The average molecular weight is 266 g/mol. The molecule has 5 heteroatoms. The van der Waals surface area contributed by atoms with E-state index in [-0.39, 0.29) is 5.82 Å². The molecule has 0 aliphatic heterocycles. The summed E-state index contributed by atoms with van der Waals surface area (Å²) in [6.07, 6.45) is 1.78. The van der Waals surface area contributed by atoms with Crippen molar-refractivity contribution in [1.82, 2.24) is 10.3 Å². The first kappa shape index (κ1) is 13.0. The molecule has 0 unspecified atom stereocenters. The van der Waals surface area contributed by atoms with Gasteiger partial charge >= 0.3 is 0 Å². The van der Waals surface area contributed by atoms with Gasteiger partial charge in [0.2, 0.25) is 0 Å². The second-order valence-corrected chi connectivity index (χ2v) is 4.87. The van der Waals surface area contributed by atoms with Gasteiger partial charge in [0.25, 0.3) is 0 Å². The number of rotatable bonds is 5. The molecule has 1 aromatic carbocycles. The molecule has 0 fully saturated rings. The van der Waals surface area contributed by atoms with Gasteiger partial charge in [0.15, 0.2) is 0 Å². The van der Waals surface area contributed by atoms with Crippen LogP contribution in [0.25, 0.3) is 10.6 Å². The smallest absolute Gasteiger partial charge is 0.137 e. The highest BCUT2D eigenvalue weighted by Crippen LogP contribution is 2.29. The maximum Gasteiger partial charge on any atom is 0.137 e. The van der Waals surface area contributed by atoms with E-state index in [1.807, 2.05) is 6.92 Å². The molecule has 0 saturated heterocycles. The zero-order valence-electron chi connectivity index (χ0n) is 10.4. The van der Waals surface area contributed by atoms with E-state index in [4.69, 9.17) is 4.74 Å². The van der Waals surface area contributed by atoms with Gasteiger partial charge in [0, 0.05) is 29.2 Å². The molecule has 1 aromatic heterocycles. The van der Waals surface area contributed by atoms with Crippen LogP contribution in [0.1, 0.15) is 11.8 Å². The van der Waals surface area contributed by atoms with Gasteiger partial charge in [-0.15, -0.1) is 11.3 Å². The molecule has 96 valence electrons. The first-order chi connectivity index (χ1) is 8.74. The van der Waals surface area contributed by atoms with Gasteiger partial charge in [-0.3, -0.25) is 0 Å². The van der Waals surface area contributed by atoms with Crippen LogP contribution in [0.5, 0.6) is 5.75 Å². The summed E-state index contributed by atoms with van der Waals surface area (Å²) in [5.74, 6) is 0.208. The molecule has 1 heterocycles. The summed E-state index contributed by atoms with van der Waals surface area (Å²) in [5.41, 5.74) is 0.517. The molecule has 0 aliphatic carbocycles. The van der Waals surface area contributed by atoms with Crippen molar-refractivity contribution in [1.29, 1.82) is 0 Å². The SMILES string of the molecule is CCNCc1cnc(-c2ccc(OC)cc2F)s1. The van der Waals surface area contributed by atoms with Crippen molar-refractivity contribution >= 4 is 11.3 Å². The van der Waals surface area contributed by atoms with Crippen LogP contribution in [0.4, 0.5) is 4.39 Å². The molecule has 0 spiro atoms. The fourth-order valence-electron chi connectivity index (χ4n) is 1.56. The van der Waals surface area contributed by atoms with Gasteiger partial charge in [-0.05, 0) is 18.7 Å². The number of methoxy groups -OCH3 is 1. The van der Waals surface area contributed by atoms with E-state index in [0.29, 0.717) is 16.3 Å². The Balaban J connectivity index is 2.23. The third-order valence-corrected chi connectivity index (χ3v) is 3.54. The number of nitrogens with one attached hydrogen (secondary N) is 1. The number of ether oxygens (including phenoxy) is 1. The van der Waals surface area contributed by atoms with Crippen LogP contribution in [0, 0.1) is 5.82 Å². The topological polar surface area (TPSA) is 34.2 Å². The Kier molecular flexibility index (Phi) is 4.28. The maximum absolute atomic E-state index is 13.9. The van der Waals surface area contributed by atoms with Gasteiger partial charge in [-0.1, -0.05) is 6.92 Å². The number of benzene rings is 1. The highest BCUT2D eigenvalue weighted by atomic mass is 32.1. The summed E-state index contributed by atoms with van der Waals surface area (Å²) in [4.78, 5) is 5.35. The first-order valence-corrected chi connectivity index (χ1v) is 6.55. The highest BCUT2D eigenvalue weighted by Gasteiger charge is 2.10. The van der Waals surface area contributed by atoms with Crippen molar-refractivity contribution in [2.45, 2.75) is 13.5 Å². The number of thiazole rings is 1. The first-order valence-electron chi connectivity index (χ1n) is 5.74. The Morgan fingerprint density at radius 2 is 2.28 bits per heavy atom. The Morgan fingerprint density at radius 1 is 1.44 bits per heavy atom. The van der Waals surface area contributed by atoms with Crippen molar-refractivity contribution < 1.29 is 9.13 Å². The van der Waals surface area contributed by atoms with Crippen molar-refractivity contribution in [2.75, 3.05) is 13.7 Å². The van der Waals surface area contributed by atoms with E-state index in [2.05, 4.69) is 10.3 Å². The average Bonchev–Trinajstić information content (AvgIpc) is 2.84. The number of aromatic nitrogens is 1. The molecular formula is C13H15FN2OS. The highest BCUT2D eigenvalue weighted by molar-refractivity contribution is 7.15. The normalized spacial score (nSPS) is 10.6. The minimum atomic E-state index is -0.307. The minimum absolute atomic E-state index is 0.307. The van der Waals surface area contributed by atoms with Crippen LogP contribution >= 0.6 is 11.3 Å². The fraction of sp³-hybridized carbons (Fsp3) is 0.308. The molecular weight excluding hydrogens is 251 g/mol. The maximum atomic E-state index is 13.9. The lowest BCUT2D eigenvalue weighted by Crippen LogP contribution is -2.10. The molecule has 2 rings (SSSR count). The molecule has 2 aromatic rings. The largest absolute Gasteiger partial charge is 0.497 e. The van der Waals surface area contributed by atoms with Crippen molar-refractivity contribution in [3.63, 3.8) is 0 Å². The Bertz CT molecular complexity index is 527. The fourth-order valence-corrected chi connectivity index (χ4v) is 2.47. The predicted octanol–water partition coefficient (Wildman–Crippen LogP) is 3.07. The summed E-state index contributed by atoms with van der Waals surface area (Å²) in [6.45, 7) is 3.72. The molecule has 1 N–H and O–H groups in total. The van der Waals surface area contributed by atoms with E-state index in [1.165, 1.54) is 24.5 Å². The van der Waals surface area contributed by atoms with Crippen LogP contribution in [-0.2, 0) is 6.54 Å². The number of halogens is 1. The second kappa shape index (κ2) is 5.93. The van der Waals surface area contributed by atoms with Gasteiger partial charge in [-0.2, -0.15) is 0 Å². The number of nitrogens with zero attached hydrogens (tertiary/aromatic N) is 1. The monoisotopic (exact) mass is 266 g/mol. The second-order valence-electron chi connectivity index (χ2n) is 3.76. The molecule has 0 atom stereocenters. The van der Waals surface area contributed by atoms with Crippen LogP contribution < -0.4 is 10.1 Å². The van der Waals surface area contributed by atoms with Gasteiger partial charge in [0.05, 0.1) is 7.11 Å². The van der Waals surface area contributed by atoms with Gasteiger partial charge in [0.1, 0.15) is 16.6 Å². The quantitative estimate of drug-likeness (QED) is 0.903. The Morgan fingerprint density at radius 3 is 2.94 bits per heavy atom. The predicted molar refractivity (Wildman–Crippen MR) is 71.4 cm³/mol. The Hall–Kier alpha value is -1.46. The molecule has 18 heavy (non-hydrogen) atoms. The third kappa shape index (κ3) is 2.86. The zero-order chi connectivity index (χ0) is 13.0. The molecule has 0 saturated carbocycles. The van der Waals surface area contributed by atoms with Gasteiger partial charge < -0.3 is 10.1 Å². The minimum Gasteiger partial charge on any atom is -0.497 e. The van der Waals surface area contributed by atoms with Crippen molar-refractivity contribution in [3.05, 3.63) is 35.1 Å². The van der Waals surface area contributed by atoms with Crippen LogP contribution in [0.2, 0.25) is 0 Å². The lowest BCUT2D eigenvalue weighted by molar-refractivity contribution is 0.411. The summed E-state index contributed by atoms with van der Waals surface area (Å²) >= 11 is 1.50. The van der Waals surface area contributed by atoms with E-state index in [0.717, 1.165) is 18.0 Å². The third-order valence-electron chi connectivity index (χ3n) is 2.51.